The van der Waals surface area contributed by atoms with Gasteiger partial charge in [0, 0.05) is 27.4 Å². The summed E-state index contributed by atoms with van der Waals surface area (Å²) in [5.74, 6) is 1.34. The standard InChI is InChI=1S/C25H22Cl2N4O2/c26-18-6-1-15(2-7-18)13-23-30-31-25(33-23)16-3-9-20(10-4-16)28-24(32)22-11-5-17-14-19(27)8-12-21(17)29-22/h1-2,5-8,11-12,14,16,20H,3-4,9-10,13H2,(H,28,32)/t16-,20-. The summed E-state index contributed by atoms with van der Waals surface area (Å²) in [6, 6.07) is 16.8. The maximum atomic E-state index is 12.7. The average molecular weight is 481 g/mol. The fraction of sp³-hybridized carbons (Fsp3) is 0.280. The van der Waals surface area contributed by atoms with Gasteiger partial charge >= 0.3 is 0 Å². The number of hydrogen-bond acceptors (Lipinski definition) is 5. The zero-order valence-corrected chi connectivity index (χ0v) is 19.3. The molecule has 1 fully saturated rings. The predicted molar refractivity (Wildman–Crippen MR) is 128 cm³/mol. The van der Waals surface area contributed by atoms with Crippen LogP contribution in [0.5, 0.6) is 0 Å². The molecule has 0 aliphatic heterocycles. The van der Waals surface area contributed by atoms with Crippen LogP contribution in [0.15, 0.2) is 59.0 Å². The second-order valence-corrected chi connectivity index (χ2v) is 9.27. The lowest BCUT2D eigenvalue weighted by molar-refractivity contribution is 0.0920. The molecule has 33 heavy (non-hydrogen) atoms. The summed E-state index contributed by atoms with van der Waals surface area (Å²) in [6.07, 6.45) is 4.07. The summed E-state index contributed by atoms with van der Waals surface area (Å²) in [6.45, 7) is 0. The molecule has 1 saturated carbocycles. The van der Waals surface area contributed by atoms with Crippen LogP contribution in [0.3, 0.4) is 0 Å². The number of benzene rings is 2. The number of fused-ring (bicyclic) bond motifs is 1. The van der Waals surface area contributed by atoms with Gasteiger partial charge in [-0.1, -0.05) is 41.4 Å². The van der Waals surface area contributed by atoms with Crippen molar-refractivity contribution in [3.8, 4) is 0 Å². The van der Waals surface area contributed by atoms with Gasteiger partial charge in [0.1, 0.15) is 5.69 Å². The highest BCUT2D eigenvalue weighted by Gasteiger charge is 2.27. The van der Waals surface area contributed by atoms with Crippen molar-refractivity contribution in [1.29, 1.82) is 0 Å². The van der Waals surface area contributed by atoms with Crippen LogP contribution in [0.1, 0.15) is 59.4 Å². The SMILES string of the molecule is O=C(N[C@H]1CC[C@H](c2nnc(Cc3ccc(Cl)cc3)o2)CC1)c1ccc2cc(Cl)ccc2n1. The van der Waals surface area contributed by atoms with Gasteiger partial charge in [-0.05, 0) is 67.6 Å². The molecule has 2 aromatic heterocycles. The Hall–Kier alpha value is -2.96. The van der Waals surface area contributed by atoms with E-state index in [0.717, 1.165) is 42.1 Å². The highest BCUT2D eigenvalue weighted by atomic mass is 35.5. The van der Waals surface area contributed by atoms with Crippen LogP contribution < -0.4 is 5.32 Å². The normalized spacial score (nSPS) is 18.4. The van der Waals surface area contributed by atoms with Crippen molar-refractivity contribution in [2.45, 2.75) is 44.1 Å². The highest BCUT2D eigenvalue weighted by Crippen LogP contribution is 2.32. The van der Waals surface area contributed by atoms with Crippen molar-refractivity contribution in [2.75, 3.05) is 0 Å². The first-order valence-electron chi connectivity index (χ1n) is 11.0. The maximum Gasteiger partial charge on any atom is 0.270 e. The minimum atomic E-state index is -0.154. The van der Waals surface area contributed by atoms with Crippen LogP contribution in [0.2, 0.25) is 10.0 Å². The molecule has 1 aliphatic rings. The summed E-state index contributed by atoms with van der Waals surface area (Å²) in [4.78, 5) is 17.2. The Balaban J connectivity index is 1.16. The Morgan fingerprint density at radius 1 is 0.939 bits per heavy atom. The van der Waals surface area contributed by atoms with E-state index in [0.29, 0.717) is 33.9 Å². The van der Waals surface area contributed by atoms with Crippen molar-refractivity contribution in [3.63, 3.8) is 0 Å². The molecule has 2 aromatic carbocycles. The molecule has 8 heteroatoms. The van der Waals surface area contributed by atoms with Gasteiger partial charge in [-0.3, -0.25) is 4.79 Å². The van der Waals surface area contributed by atoms with E-state index in [1.165, 1.54) is 0 Å². The third-order valence-electron chi connectivity index (χ3n) is 6.05. The van der Waals surface area contributed by atoms with Crippen molar-refractivity contribution < 1.29 is 9.21 Å². The van der Waals surface area contributed by atoms with E-state index < -0.39 is 0 Å². The Morgan fingerprint density at radius 2 is 1.70 bits per heavy atom. The fourth-order valence-electron chi connectivity index (χ4n) is 4.25. The summed E-state index contributed by atoms with van der Waals surface area (Å²) >= 11 is 12.0. The Bertz CT molecular complexity index is 1280. The van der Waals surface area contributed by atoms with Gasteiger partial charge in [-0.15, -0.1) is 10.2 Å². The Labute approximate surface area is 201 Å². The lowest BCUT2D eigenvalue weighted by atomic mass is 9.86. The number of rotatable bonds is 5. The van der Waals surface area contributed by atoms with E-state index in [9.17, 15) is 4.79 Å². The van der Waals surface area contributed by atoms with E-state index in [-0.39, 0.29) is 17.9 Å². The van der Waals surface area contributed by atoms with E-state index in [1.807, 2.05) is 42.5 Å². The number of carbonyl (C=O) groups excluding carboxylic acids is 1. The molecule has 0 atom stereocenters. The first kappa shape index (κ1) is 21.9. The lowest BCUT2D eigenvalue weighted by Gasteiger charge is -2.27. The number of aromatic nitrogens is 3. The molecule has 0 saturated heterocycles. The molecule has 2 heterocycles. The second kappa shape index (κ2) is 9.49. The number of carbonyl (C=O) groups is 1. The molecule has 168 valence electrons. The minimum absolute atomic E-state index is 0.105. The van der Waals surface area contributed by atoms with Crippen LogP contribution in [0.25, 0.3) is 10.9 Å². The molecule has 1 N–H and O–H groups in total. The number of amides is 1. The zero-order valence-electron chi connectivity index (χ0n) is 17.8. The average Bonchev–Trinajstić information content (AvgIpc) is 3.29. The number of pyridine rings is 1. The van der Waals surface area contributed by atoms with Gasteiger partial charge in [0.15, 0.2) is 0 Å². The van der Waals surface area contributed by atoms with Gasteiger partial charge in [0.25, 0.3) is 5.91 Å². The van der Waals surface area contributed by atoms with E-state index in [1.54, 1.807) is 12.1 Å². The molecule has 6 nitrogen and oxygen atoms in total. The van der Waals surface area contributed by atoms with Crippen LogP contribution in [0, 0.1) is 0 Å². The lowest BCUT2D eigenvalue weighted by Crippen LogP contribution is -2.37. The fourth-order valence-corrected chi connectivity index (χ4v) is 4.55. The molecule has 0 bridgehead atoms. The number of halogens is 2. The summed E-state index contributed by atoms with van der Waals surface area (Å²) in [5, 5.41) is 13.9. The topological polar surface area (TPSA) is 80.9 Å². The molecular formula is C25H22Cl2N4O2. The van der Waals surface area contributed by atoms with Crippen LogP contribution in [-0.2, 0) is 6.42 Å². The monoisotopic (exact) mass is 480 g/mol. The zero-order chi connectivity index (χ0) is 22.8. The summed E-state index contributed by atoms with van der Waals surface area (Å²) in [7, 11) is 0. The van der Waals surface area contributed by atoms with Gasteiger partial charge in [-0.25, -0.2) is 4.98 Å². The number of nitrogens with one attached hydrogen (secondary N) is 1. The van der Waals surface area contributed by atoms with Gasteiger partial charge < -0.3 is 9.73 Å². The predicted octanol–water partition coefficient (Wildman–Crippen LogP) is 5.97. The van der Waals surface area contributed by atoms with E-state index in [4.69, 9.17) is 27.6 Å². The third kappa shape index (κ3) is 5.18. The Kier molecular flexibility index (Phi) is 6.29. The van der Waals surface area contributed by atoms with Gasteiger partial charge in [0.05, 0.1) is 11.9 Å². The largest absolute Gasteiger partial charge is 0.425 e. The number of nitrogens with zero attached hydrogens (tertiary/aromatic N) is 3. The molecule has 0 radical (unpaired) electrons. The molecule has 4 aromatic rings. The van der Waals surface area contributed by atoms with Crippen molar-refractivity contribution in [1.82, 2.24) is 20.5 Å². The highest BCUT2D eigenvalue weighted by molar-refractivity contribution is 6.31. The van der Waals surface area contributed by atoms with E-state index in [2.05, 4.69) is 20.5 Å². The first-order valence-corrected chi connectivity index (χ1v) is 11.7. The minimum Gasteiger partial charge on any atom is -0.425 e. The molecule has 0 spiro atoms. The molecule has 1 amide bonds. The van der Waals surface area contributed by atoms with Crippen molar-refractivity contribution in [3.05, 3.63) is 87.7 Å². The van der Waals surface area contributed by atoms with Crippen LogP contribution >= 0.6 is 23.2 Å². The molecule has 0 unspecified atom stereocenters. The van der Waals surface area contributed by atoms with Crippen molar-refractivity contribution in [2.24, 2.45) is 0 Å². The summed E-state index contributed by atoms with van der Waals surface area (Å²) < 4.78 is 5.93. The first-order chi connectivity index (χ1) is 16.0. The van der Waals surface area contributed by atoms with Crippen LogP contribution in [0.4, 0.5) is 0 Å². The molecule has 1 aliphatic carbocycles. The van der Waals surface area contributed by atoms with Crippen molar-refractivity contribution >= 4 is 40.0 Å². The number of hydrogen-bond donors (Lipinski definition) is 1. The molecule has 5 rings (SSSR count). The smallest absolute Gasteiger partial charge is 0.270 e. The summed E-state index contributed by atoms with van der Waals surface area (Å²) in [5.41, 5.74) is 2.24. The second-order valence-electron chi connectivity index (χ2n) is 8.39. The third-order valence-corrected chi connectivity index (χ3v) is 6.53. The Morgan fingerprint density at radius 3 is 2.48 bits per heavy atom. The quantitative estimate of drug-likeness (QED) is 0.380. The maximum absolute atomic E-state index is 12.7. The molecular weight excluding hydrogens is 459 g/mol. The van der Waals surface area contributed by atoms with Gasteiger partial charge in [0.2, 0.25) is 11.8 Å². The van der Waals surface area contributed by atoms with Crippen LogP contribution in [-0.4, -0.2) is 27.1 Å². The van der Waals surface area contributed by atoms with E-state index >= 15 is 0 Å². The van der Waals surface area contributed by atoms with Gasteiger partial charge in [-0.2, -0.15) is 0 Å².